The Morgan fingerprint density at radius 1 is 0.945 bits per heavy atom. The third-order valence-electron chi connectivity index (χ3n) is 10.5. The molecule has 3 aliphatic rings. The third-order valence-corrected chi connectivity index (χ3v) is 13.1. The number of carboxylic acids is 1. The summed E-state index contributed by atoms with van der Waals surface area (Å²) in [5, 5.41) is 32.0. The summed E-state index contributed by atoms with van der Waals surface area (Å²) in [4.78, 5) is 53.1. The molecule has 280 valence electrons. The Labute approximate surface area is 322 Å². The second-order valence-corrected chi connectivity index (χ2v) is 16.0. The molecule has 3 unspecified atom stereocenters. The van der Waals surface area contributed by atoms with Crippen LogP contribution in [0.3, 0.4) is 0 Å². The van der Waals surface area contributed by atoms with E-state index in [4.69, 9.17) is 9.82 Å². The molecule has 0 saturated carbocycles. The fourth-order valence-corrected chi connectivity index (χ4v) is 10.5. The highest BCUT2D eigenvalue weighted by Gasteiger charge is 2.63. The zero-order valence-electron chi connectivity index (χ0n) is 29.5. The summed E-state index contributed by atoms with van der Waals surface area (Å²) in [6.45, 7) is 0.261. The van der Waals surface area contributed by atoms with Crippen molar-refractivity contribution in [1.29, 1.82) is 0 Å². The molecule has 1 aromatic heterocycles. The van der Waals surface area contributed by atoms with Crippen molar-refractivity contribution >= 4 is 50.8 Å². The van der Waals surface area contributed by atoms with E-state index in [2.05, 4.69) is 15.8 Å². The summed E-state index contributed by atoms with van der Waals surface area (Å²) in [5.74, 6) is -2.71. The Balaban J connectivity index is 1.03. The maximum absolute atomic E-state index is 13.9. The molecule has 4 N–H and O–H groups in total. The van der Waals surface area contributed by atoms with Crippen LogP contribution in [0, 0.1) is 0 Å². The number of aromatic nitrogens is 1. The Kier molecular flexibility index (Phi) is 9.45. The number of β-lactam (4-membered cyclic amide) rings is 1. The number of oxime groups is 1. The predicted octanol–water partition coefficient (Wildman–Crippen LogP) is 3.86. The van der Waals surface area contributed by atoms with Gasteiger partial charge in [0.15, 0.2) is 10.8 Å². The number of fused-ring (bicyclic) bond motifs is 2. The van der Waals surface area contributed by atoms with Crippen molar-refractivity contribution in [3.05, 3.63) is 148 Å². The lowest BCUT2D eigenvalue weighted by atomic mass is 9.77. The van der Waals surface area contributed by atoms with Crippen LogP contribution in [-0.4, -0.2) is 89.1 Å². The van der Waals surface area contributed by atoms with E-state index >= 15 is 0 Å². The van der Waals surface area contributed by atoms with Crippen molar-refractivity contribution in [1.82, 2.24) is 20.1 Å². The van der Waals surface area contributed by atoms with E-state index in [-0.39, 0.29) is 42.5 Å². The molecule has 8 rings (SSSR count). The number of nitrogens with one attached hydrogen (secondary N) is 2. The summed E-state index contributed by atoms with van der Waals surface area (Å²) in [7, 11) is -0.559. The summed E-state index contributed by atoms with van der Waals surface area (Å²) in [6, 6.07) is 33.6. The summed E-state index contributed by atoms with van der Waals surface area (Å²) in [6.07, 6.45) is 0. The van der Waals surface area contributed by atoms with Crippen LogP contribution < -0.4 is 10.6 Å². The average molecular weight is 777 g/mol. The molecule has 55 heavy (non-hydrogen) atoms. The normalized spacial score (nSPS) is 22.3. The Bertz CT molecular complexity index is 2230. The lowest BCUT2D eigenvalue weighted by molar-refractivity contribution is -0.161. The molecule has 0 spiro atoms. The number of phenols is 1. The summed E-state index contributed by atoms with van der Waals surface area (Å²) in [5.41, 5.74) is 1.99. The van der Waals surface area contributed by atoms with Gasteiger partial charge in [-0.3, -0.25) is 23.5 Å². The van der Waals surface area contributed by atoms with Crippen molar-refractivity contribution in [2.75, 3.05) is 24.7 Å². The number of anilines is 1. The van der Waals surface area contributed by atoms with Gasteiger partial charge in [-0.25, -0.2) is 4.98 Å². The van der Waals surface area contributed by atoms with Crippen LogP contribution in [0.15, 0.2) is 120 Å². The third kappa shape index (κ3) is 6.23. The second kappa shape index (κ2) is 14.4. The van der Waals surface area contributed by atoms with E-state index in [1.165, 1.54) is 29.4 Å². The Morgan fingerprint density at radius 3 is 2.13 bits per heavy atom. The van der Waals surface area contributed by atoms with E-state index < -0.39 is 51.1 Å². The lowest BCUT2D eigenvalue weighted by Crippen LogP contribution is -2.80. The fraction of sp³-hybridized carbons (Fsp3) is 0.225. The molecular weight excluding hydrogens is 741 g/mol. The Hall–Kier alpha value is -5.90. The molecule has 13 nitrogen and oxygen atoms in total. The first-order valence-corrected chi connectivity index (χ1v) is 19.7. The van der Waals surface area contributed by atoms with Gasteiger partial charge in [0.05, 0.1) is 12.3 Å². The number of hydrogen-bond acceptors (Lipinski definition) is 11. The van der Waals surface area contributed by atoms with E-state index in [9.17, 15) is 28.8 Å². The van der Waals surface area contributed by atoms with Crippen LogP contribution in [0.1, 0.15) is 33.5 Å². The first kappa shape index (κ1) is 36.1. The van der Waals surface area contributed by atoms with Crippen LogP contribution in [0.5, 0.6) is 5.75 Å². The van der Waals surface area contributed by atoms with E-state index in [0.29, 0.717) is 5.13 Å². The minimum atomic E-state index is -1.85. The molecule has 0 bridgehead atoms. The smallest absolute Gasteiger partial charge is 0.326 e. The van der Waals surface area contributed by atoms with Gasteiger partial charge in [0.2, 0.25) is 5.91 Å². The summed E-state index contributed by atoms with van der Waals surface area (Å²) < 4.78 is 13.8. The molecule has 4 atom stereocenters. The first-order valence-electron chi connectivity index (χ1n) is 17.4. The van der Waals surface area contributed by atoms with E-state index in [1.807, 2.05) is 91.0 Å². The monoisotopic (exact) mass is 776 g/mol. The molecule has 15 heteroatoms. The van der Waals surface area contributed by atoms with Gasteiger partial charge in [-0.05, 0) is 39.9 Å². The molecule has 5 aromatic rings. The van der Waals surface area contributed by atoms with Crippen LogP contribution in [0.4, 0.5) is 5.13 Å². The van der Waals surface area contributed by atoms with Crippen molar-refractivity contribution in [3.63, 3.8) is 0 Å². The van der Waals surface area contributed by atoms with Gasteiger partial charge < -0.3 is 30.6 Å². The van der Waals surface area contributed by atoms with E-state index in [1.54, 1.807) is 22.4 Å². The number of benzene rings is 4. The average Bonchev–Trinajstić information content (AvgIpc) is 3.86. The van der Waals surface area contributed by atoms with Crippen LogP contribution in [0.25, 0.3) is 0 Å². The number of carbonyl (C=O) groups excluding carboxylic acids is 2. The van der Waals surface area contributed by atoms with Crippen molar-refractivity contribution < 1.29 is 33.6 Å². The number of aromatic hydroxyl groups is 1. The van der Waals surface area contributed by atoms with Crippen molar-refractivity contribution in [2.45, 2.75) is 35.6 Å². The van der Waals surface area contributed by atoms with Crippen LogP contribution in [-0.2, 0) is 48.6 Å². The fourth-order valence-electron chi connectivity index (χ4n) is 7.79. The zero-order valence-corrected chi connectivity index (χ0v) is 31.1. The van der Waals surface area contributed by atoms with Gasteiger partial charge in [-0.15, -0.1) is 11.3 Å². The molecular formula is C40H36N6O7S2. The topological polar surface area (TPSA) is 174 Å². The van der Waals surface area contributed by atoms with Crippen LogP contribution >= 0.6 is 11.3 Å². The maximum atomic E-state index is 13.9. The van der Waals surface area contributed by atoms with Gasteiger partial charge in [0.1, 0.15) is 41.0 Å². The van der Waals surface area contributed by atoms with Gasteiger partial charge in [0.25, 0.3) is 5.91 Å². The number of aliphatic carboxylic acids is 1. The van der Waals surface area contributed by atoms with E-state index in [0.717, 1.165) is 27.8 Å². The molecule has 2 saturated heterocycles. The number of carboxylic acid groups (broad SMARTS) is 1. The largest absolute Gasteiger partial charge is 0.508 e. The van der Waals surface area contributed by atoms with Crippen LogP contribution in [0.2, 0.25) is 0 Å². The molecule has 2 amide bonds. The zero-order chi connectivity index (χ0) is 38.3. The number of carbonyl (C=O) groups is 3. The van der Waals surface area contributed by atoms with Gasteiger partial charge >= 0.3 is 5.97 Å². The number of phenolic OH excluding ortho intramolecular Hbond substituents is 1. The van der Waals surface area contributed by atoms with Crippen molar-refractivity contribution in [2.24, 2.45) is 5.16 Å². The predicted molar refractivity (Wildman–Crippen MR) is 207 cm³/mol. The molecule has 3 aliphatic heterocycles. The highest BCUT2D eigenvalue weighted by atomic mass is 32.2. The van der Waals surface area contributed by atoms with Crippen molar-refractivity contribution in [3.8, 4) is 5.75 Å². The highest BCUT2D eigenvalue weighted by Crippen LogP contribution is 2.42. The summed E-state index contributed by atoms with van der Waals surface area (Å²) >= 11 is 1.26. The second-order valence-electron chi connectivity index (χ2n) is 13.6. The van der Waals surface area contributed by atoms with Gasteiger partial charge in [-0.1, -0.05) is 102 Å². The quantitative estimate of drug-likeness (QED) is 0.0668. The van der Waals surface area contributed by atoms with Gasteiger partial charge in [-0.2, -0.15) is 0 Å². The minimum absolute atomic E-state index is 0.0648. The molecule has 4 heterocycles. The molecule has 2 fully saturated rings. The number of hydrogen-bond donors (Lipinski definition) is 4. The number of rotatable bonds is 11. The minimum Gasteiger partial charge on any atom is -0.508 e. The SMILES string of the molecule is CON=C(C(=O)NC1C(=O)N2CC(C(=O)O)(N3Cc4ccc(O)cc4C3)CS(=O)[C@H]12)c1csc(NC(c2ccccc2)(c2ccccc2)c2ccccc2)n1. The Morgan fingerprint density at radius 2 is 1.55 bits per heavy atom. The van der Waals surface area contributed by atoms with Gasteiger partial charge in [0, 0.05) is 29.3 Å². The first-order chi connectivity index (χ1) is 26.6. The molecule has 4 aromatic carbocycles. The number of nitrogens with zero attached hydrogens (tertiary/aromatic N) is 4. The maximum Gasteiger partial charge on any atom is 0.326 e. The number of amides is 2. The lowest BCUT2D eigenvalue weighted by Gasteiger charge is -2.55. The number of thiazole rings is 1. The highest BCUT2D eigenvalue weighted by molar-refractivity contribution is 7.86. The standard InChI is InChI=1S/C40H36N6O7S2/c1-53-44-32(31-22-54-38(41-31)43-40(27-11-5-2-6-12-27,28-13-7-3-8-14-28)29-15-9-4-10-16-29)34(48)42-33-35(49)46-23-39(37(50)51,24-55(52)36(33)46)45-20-25-17-18-30(47)19-26(25)21-45/h2-19,22,33,36,47H,20-21,23-24H2,1H3,(H,41,43)(H,42,48)(H,50,51)/t33?,36-,39?,55?/m1/s1. The molecule has 0 aliphatic carbocycles. The molecule has 0 radical (unpaired) electrons.